The molecule has 0 aliphatic heterocycles. The van der Waals surface area contributed by atoms with Crippen LogP contribution in [0.1, 0.15) is 65.7 Å². The second-order valence-electron chi connectivity index (χ2n) is 6.88. The van der Waals surface area contributed by atoms with Crippen LogP contribution in [0.15, 0.2) is 0 Å². The molecule has 0 aromatic rings. The lowest BCUT2D eigenvalue weighted by Crippen LogP contribution is -2.40. The van der Waals surface area contributed by atoms with Gasteiger partial charge in [0, 0.05) is 19.5 Å². The SMILES string of the molecule is CN(C(=O)CCCC(C)(C)C)C1CCC(O)CC1. The average molecular weight is 255 g/mol. The van der Waals surface area contributed by atoms with E-state index >= 15 is 0 Å². The minimum absolute atomic E-state index is 0.148. The Bertz CT molecular complexity index is 262. The fourth-order valence-electron chi connectivity index (χ4n) is 2.60. The average Bonchev–Trinajstić information content (AvgIpc) is 2.27. The first kappa shape index (κ1) is 15.5. The number of hydrogen-bond acceptors (Lipinski definition) is 2. The molecule has 0 unspecified atom stereocenters. The van der Waals surface area contributed by atoms with E-state index in [0.717, 1.165) is 38.5 Å². The fourth-order valence-corrected chi connectivity index (χ4v) is 2.60. The first-order chi connectivity index (χ1) is 8.29. The van der Waals surface area contributed by atoms with Gasteiger partial charge in [0.05, 0.1) is 6.10 Å². The molecule has 0 bridgehead atoms. The lowest BCUT2D eigenvalue weighted by molar-refractivity contribution is -0.133. The number of carbonyl (C=O) groups excluding carboxylic acids is 1. The van der Waals surface area contributed by atoms with Gasteiger partial charge in [-0.25, -0.2) is 0 Å². The number of aliphatic hydroxyl groups is 1. The largest absolute Gasteiger partial charge is 0.393 e. The lowest BCUT2D eigenvalue weighted by Gasteiger charge is -2.33. The third-order valence-corrected chi connectivity index (χ3v) is 3.92. The Morgan fingerprint density at radius 3 is 2.28 bits per heavy atom. The third kappa shape index (κ3) is 5.38. The van der Waals surface area contributed by atoms with Crippen LogP contribution in [0.2, 0.25) is 0 Å². The highest BCUT2D eigenvalue weighted by atomic mass is 16.3. The highest BCUT2D eigenvalue weighted by molar-refractivity contribution is 5.76. The molecule has 1 amide bonds. The van der Waals surface area contributed by atoms with Crippen LogP contribution in [0.3, 0.4) is 0 Å². The Hall–Kier alpha value is -0.570. The molecule has 0 aromatic heterocycles. The molecule has 18 heavy (non-hydrogen) atoms. The van der Waals surface area contributed by atoms with E-state index in [4.69, 9.17) is 0 Å². The Balaban J connectivity index is 2.28. The van der Waals surface area contributed by atoms with Crippen LogP contribution >= 0.6 is 0 Å². The van der Waals surface area contributed by atoms with Crippen molar-refractivity contribution in [2.45, 2.75) is 77.9 Å². The van der Waals surface area contributed by atoms with Gasteiger partial charge in [-0.1, -0.05) is 20.8 Å². The Labute approximate surface area is 112 Å². The summed E-state index contributed by atoms with van der Waals surface area (Å²) >= 11 is 0. The van der Waals surface area contributed by atoms with Crippen molar-refractivity contribution >= 4 is 5.91 Å². The summed E-state index contributed by atoms with van der Waals surface area (Å²) in [6.45, 7) is 6.64. The van der Waals surface area contributed by atoms with Gasteiger partial charge in [-0.15, -0.1) is 0 Å². The Morgan fingerprint density at radius 1 is 1.22 bits per heavy atom. The van der Waals surface area contributed by atoms with Gasteiger partial charge in [0.2, 0.25) is 5.91 Å². The van der Waals surface area contributed by atoms with Crippen LogP contribution in [0, 0.1) is 5.41 Å². The van der Waals surface area contributed by atoms with E-state index < -0.39 is 0 Å². The Kier molecular flexibility index (Phi) is 5.64. The number of nitrogens with zero attached hydrogens (tertiary/aromatic N) is 1. The molecule has 1 rings (SSSR count). The molecule has 3 nitrogen and oxygen atoms in total. The van der Waals surface area contributed by atoms with E-state index in [-0.39, 0.29) is 12.0 Å². The Morgan fingerprint density at radius 2 is 1.78 bits per heavy atom. The zero-order valence-electron chi connectivity index (χ0n) is 12.4. The van der Waals surface area contributed by atoms with Crippen LogP contribution in [-0.4, -0.2) is 35.1 Å². The zero-order valence-corrected chi connectivity index (χ0v) is 12.4. The summed E-state index contributed by atoms with van der Waals surface area (Å²) in [5.41, 5.74) is 0.313. The molecule has 1 N–H and O–H groups in total. The van der Waals surface area contributed by atoms with Crippen LogP contribution in [0.4, 0.5) is 0 Å². The van der Waals surface area contributed by atoms with Crippen molar-refractivity contribution in [2.24, 2.45) is 5.41 Å². The molecule has 1 aliphatic rings. The van der Waals surface area contributed by atoms with E-state index in [2.05, 4.69) is 20.8 Å². The van der Waals surface area contributed by atoms with Crippen LogP contribution in [0.5, 0.6) is 0 Å². The number of hydrogen-bond donors (Lipinski definition) is 1. The zero-order chi connectivity index (χ0) is 13.8. The van der Waals surface area contributed by atoms with Gasteiger partial charge >= 0.3 is 0 Å². The van der Waals surface area contributed by atoms with Crippen molar-refractivity contribution in [1.82, 2.24) is 4.90 Å². The predicted molar refractivity (Wildman–Crippen MR) is 74.3 cm³/mol. The van der Waals surface area contributed by atoms with Gasteiger partial charge in [-0.3, -0.25) is 4.79 Å². The minimum Gasteiger partial charge on any atom is -0.393 e. The van der Waals surface area contributed by atoms with Gasteiger partial charge in [0.15, 0.2) is 0 Å². The summed E-state index contributed by atoms with van der Waals surface area (Å²) in [5.74, 6) is 0.264. The summed E-state index contributed by atoms with van der Waals surface area (Å²) in [6.07, 6.45) is 6.15. The van der Waals surface area contributed by atoms with Crippen molar-refractivity contribution in [3.8, 4) is 0 Å². The quantitative estimate of drug-likeness (QED) is 0.839. The molecule has 0 atom stereocenters. The molecular formula is C15H29NO2. The molecular weight excluding hydrogens is 226 g/mol. The van der Waals surface area contributed by atoms with Crippen molar-refractivity contribution in [3.05, 3.63) is 0 Å². The maximum Gasteiger partial charge on any atom is 0.222 e. The number of carbonyl (C=O) groups is 1. The van der Waals surface area contributed by atoms with E-state index in [1.54, 1.807) is 0 Å². The van der Waals surface area contributed by atoms with Gasteiger partial charge in [-0.2, -0.15) is 0 Å². The molecule has 1 saturated carbocycles. The first-order valence-electron chi connectivity index (χ1n) is 7.23. The highest BCUT2D eigenvalue weighted by Crippen LogP contribution is 2.24. The standard InChI is InChI=1S/C15H29NO2/c1-15(2,3)11-5-6-14(18)16(4)12-7-9-13(17)10-8-12/h12-13,17H,5-11H2,1-4H3. The fraction of sp³-hybridized carbons (Fsp3) is 0.933. The molecule has 3 heteroatoms. The van der Waals surface area contributed by atoms with E-state index in [9.17, 15) is 9.90 Å². The molecule has 1 aliphatic carbocycles. The molecule has 0 aromatic carbocycles. The normalized spacial score (nSPS) is 24.9. The number of aliphatic hydroxyl groups excluding tert-OH is 1. The van der Waals surface area contributed by atoms with Gasteiger partial charge < -0.3 is 10.0 Å². The molecule has 0 spiro atoms. The van der Waals surface area contributed by atoms with Crippen molar-refractivity contribution in [1.29, 1.82) is 0 Å². The third-order valence-electron chi connectivity index (χ3n) is 3.92. The second kappa shape index (κ2) is 6.55. The van der Waals surface area contributed by atoms with Crippen molar-refractivity contribution in [2.75, 3.05) is 7.05 Å². The summed E-state index contributed by atoms with van der Waals surface area (Å²) in [7, 11) is 1.92. The van der Waals surface area contributed by atoms with Gasteiger partial charge in [-0.05, 0) is 43.9 Å². The second-order valence-corrected chi connectivity index (χ2v) is 6.88. The topological polar surface area (TPSA) is 40.5 Å². The van der Waals surface area contributed by atoms with Crippen LogP contribution in [-0.2, 0) is 4.79 Å². The summed E-state index contributed by atoms with van der Waals surface area (Å²) in [4.78, 5) is 14.0. The van der Waals surface area contributed by atoms with Crippen molar-refractivity contribution < 1.29 is 9.90 Å². The molecule has 0 radical (unpaired) electrons. The summed E-state index contributed by atoms with van der Waals surface area (Å²) in [6, 6.07) is 0.343. The predicted octanol–water partition coefficient (Wildman–Crippen LogP) is 2.96. The number of amides is 1. The summed E-state index contributed by atoms with van der Waals surface area (Å²) < 4.78 is 0. The highest BCUT2D eigenvalue weighted by Gasteiger charge is 2.25. The lowest BCUT2D eigenvalue weighted by atomic mass is 9.89. The van der Waals surface area contributed by atoms with Crippen LogP contribution < -0.4 is 0 Å². The summed E-state index contributed by atoms with van der Waals surface area (Å²) in [5, 5.41) is 9.47. The smallest absolute Gasteiger partial charge is 0.222 e. The van der Waals surface area contributed by atoms with E-state index in [1.807, 2.05) is 11.9 Å². The van der Waals surface area contributed by atoms with Crippen molar-refractivity contribution in [3.63, 3.8) is 0 Å². The minimum atomic E-state index is -0.148. The van der Waals surface area contributed by atoms with E-state index in [0.29, 0.717) is 17.9 Å². The molecule has 1 fully saturated rings. The molecule has 106 valence electrons. The van der Waals surface area contributed by atoms with Gasteiger partial charge in [0.1, 0.15) is 0 Å². The van der Waals surface area contributed by atoms with Crippen LogP contribution in [0.25, 0.3) is 0 Å². The monoisotopic (exact) mass is 255 g/mol. The van der Waals surface area contributed by atoms with E-state index in [1.165, 1.54) is 0 Å². The first-order valence-corrected chi connectivity index (χ1v) is 7.23. The number of rotatable bonds is 4. The maximum absolute atomic E-state index is 12.1. The molecule has 0 saturated heterocycles. The van der Waals surface area contributed by atoms with Gasteiger partial charge in [0.25, 0.3) is 0 Å². The maximum atomic E-state index is 12.1. The molecule has 0 heterocycles.